The second kappa shape index (κ2) is 8.47. The zero-order chi connectivity index (χ0) is 17.5. The second-order valence-electron chi connectivity index (χ2n) is 5.94. The van der Waals surface area contributed by atoms with Crippen molar-refractivity contribution in [3.8, 4) is 0 Å². The van der Waals surface area contributed by atoms with Crippen molar-refractivity contribution in [3.63, 3.8) is 0 Å². The number of nitrogens with zero attached hydrogens (tertiary/aromatic N) is 1. The highest BCUT2D eigenvalue weighted by atomic mass is 16.5. The maximum atomic E-state index is 12.5. The fourth-order valence-corrected chi connectivity index (χ4v) is 2.83. The first-order valence-corrected chi connectivity index (χ1v) is 8.34. The lowest BCUT2D eigenvalue weighted by molar-refractivity contribution is -0.151. The van der Waals surface area contributed by atoms with Crippen LogP contribution in [0.15, 0.2) is 30.3 Å². The van der Waals surface area contributed by atoms with E-state index in [1.165, 1.54) is 0 Å². The molecular weight excluding hydrogens is 308 g/mol. The van der Waals surface area contributed by atoms with E-state index in [-0.39, 0.29) is 23.7 Å². The van der Waals surface area contributed by atoms with E-state index in [1.54, 1.807) is 43.0 Å². The Hall–Kier alpha value is -2.37. The summed E-state index contributed by atoms with van der Waals surface area (Å²) >= 11 is 0. The molecule has 6 heteroatoms. The molecule has 0 radical (unpaired) electrons. The van der Waals surface area contributed by atoms with Gasteiger partial charge < -0.3 is 15.0 Å². The number of rotatable bonds is 5. The third kappa shape index (κ3) is 4.57. The van der Waals surface area contributed by atoms with E-state index >= 15 is 0 Å². The number of esters is 1. The Morgan fingerprint density at radius 1 is 1.29 bits per heavy atom. The molecule has 1 heterocycles. The van der Waals surface area contributed by atoms with Crippen molar-refractivity contribution in [1.29, 1.82) is 0 Å². The van der Waals surface area contributed by atoms with Crippen LogP contribution in [0, 0.1) is 5.92 Å². The van der Waals surface area contributed by atoms with Crippen LogP contribution in [0.5, 0.6) is 0 Å². The van der Waals surface area contributed by atoms with Crippen molar-refractivity contribution in [2.75, 3.05) is 19.7 Å². The number of benzene rings is 1. The van der Waals surface area contributed by atoms with Crippen molar-refractivity contribution < 1.29 is 19.1 Å². The van der Waals surface area contributed by atoms with Gasteiger partial charge in [0.1, 0.15) is 6.04 Å². The molecule has 2 unspecified atom stereocenters. The fourth-order valence-electron chi connectivity index (χ4n) is 2.83. The summed E-state index contributed by atoms with van der Waals surface area (Å²) in [6, 6.07) is 8.13. The van der Waals surface area contributed by atoms with Gasteiger partial charge >= 0.3 is 5.97 Å². The molecule has 0 aliphatic carbocycles. The van der Waals surface area contributed by atoms with Gasteiger partial charge in [0.2, 0.25) is 5.91 Å². The monoisotopic (exact) mass is 332 g/mol. The van der Waals surface area contributed by atoms with Crippen LogP contribution < -0.4 is 5.32 Å². The van der Waals surface area contributed by atoms with Gasteiger partial charge in [-0.2, -0.15) is 0 Å². The normalized spacial score (nSPS) is 18.6. The van der Waals surface area contributed by atoms with Crippen LogP contribution in [0.3, 0.4) is 0 Å². The highest BCUT2D eigenvalue weighted by Crippen LogP contribution is 2.18. The lowest BCUT2D eigenvalue weighted by Gasteiger charge is -2.33. The van der Waals surface area contributed by atoms with Gasteiger partial charge in [0.25, 0.3) is 5.91 Å². The summed E-state index contributed by atoms with van der Waals surface area (Å²) in [4.78, 5) is 38.2. The van der Waals surface area contributed by atoms with E-state index in [0.717, 1.165) is 12.8 Å². The summed E-state index contributed by atoms with van der Waals surface area (Å²) in [5.41, 5.74) is 0.514. The number of amides is 2. The molecule has 1 aliphatic heterocycles. The van der Waals surface area contributed by atoms with Gasteiger partial charge in [0.05, 0.1) is 12.5 Å². The average Bonchev–Trinajstić information content (AvgIpc) is 2.62. The van der Waals surface area contributed by atoms with Crippen molar-refractivity contribution in [2.24, 2.45) is 5.92 Å². The molecule has 1 aromatic rings. The van der Waals surface area contributed by atoms with Crippen LogP contribution in [0.25, 0.3) is 0 Å². The molecule has 1 N–H and O–H groups in total. The molecule has 1 aromatic carbocycles. The van der Waals surface area contributed by atoms with E-state index < -0.39 is 6.04 Å². The minimum atomic E-state index is -0.640. The van der Waals surface area contributed by atoms with Crippen molar-refractivity contribution in [3.05, 3.63) is 35.9 Å². The van der Waals surface area contributed by atoms with Crippen LogP contribution in [-0.2, 0) is 14.3 Å². The Labute approximate surface area is 142 Å². The van der Waals surface area contributed by atoms with Crippen LogP contribution in [-0.4, -0.2) is 48.4 Å². The summed E-state index contributed by atoms with van der Waals surface area (Å²) in [5, 5.41) is 2.72. The smallest absolute Gasteiger partial charge is 0.310 e. The Kier molecular flexibility index (Phi) is 6.35. The van der Waals surface area contributed by atoms with Crippen molar-refractivity contribution >= 4 is 17.8 Å². The lowest BCUT2D eigenvalue weighted by atomic mass is 9.97. The molecule has 0 saturated carbocycles. The predicted octanol–water partition coefficient (Wildman–Crippen LogP) is 1.61. The van der Waals surface area contributed by atoms with Crippen LogP contribution in [0.2, 0.25) is 0 Å². The molecule has 2 rings (SSSR count). The summed E-state index contributed by atoms with van der Waals surface area (Å²) in [7, 11) is 0. The molecule has 2 atom stereocenters. The summed E-state index contributed by atoms with van der Waals surface area (Å²) < 4.78 is 5.05. The number of carbonyl (C=O) groups excluding carboxylic acids is 3. The SMILES string of the molecule is CCOC(=O)C1CCCN(C(=O)C(C)NC(=O)c2ccccc2)C1. The highest BCUT2D eigenvalue weighted by Gasteiger charge is 2.31. The first-order chi connectivity index (χ1) is 11.5. The molecule has 1 aliphatic rings. The van der Waals surface area contributed by atoms with Gasteiger partial charge in [0.15, 0.2) is 0 Å². The minimum absolute atomic E-state index is 0.173. The van der Waals surface area contributed by atoms with E-state index in [1.807, 2.05) is 6.07 Å². The largest absolute Gasteiger partial charge is 0.466 e. The molecular formula is C18H24N2O4. The molecule has 1 fully saturated rings. The Morgan fingerprint density at radius 2 is 2.00 bits per heavy atom. The molecule has 24 heavy (non-hydrogen) atoms. The van der Waals surface area contributed by atoms with E-state index in [0.29, 0.717) is 25.3 Å². The molecule has 2 amide bonds. The first-order valence-electron chi connectivity index (χ1n) is 8.34. The summed E-state index contributed by atoms with van der Waals surface area (Å²) in [5.74, 6) is -0.987. The standard InChI is InChI=1S/C18H24N2O4/c1-3-24-18(23)15-10-7-11-20(12-15)17(22)13(2)19-16(21)14-8-5-4-6-9-14/h4-6,8-9,13,15H,3,7,10-12H2,1-2H3,(H,19,21). The number of carbonyl (C=O) groups is 3. The molecule has 1 saturated heterocycles. The molecule has 130 valence electrons. The maximum absolute atomic E-state index is 12.5. The quantitative estimate of drug-likeness (QED) is 0.831. The van der Waals surface area contributed by atoms with Gasteiger partial charge in [-0.05, 0) is 38.8 Å². The van der Waals surface area contributed by atoms with E-state index in [9.17, 15) is 14.4 Å². The average molecular weight is 332 g/mol. The Bertz CT molecular complexity index is 588. The predicted molar refractivity (Wildman–Crippen MR) is 89.3 cm³/mol. The van der Waals surface area contributed by atoms with Gasteiger partial charge in [-0.25, -0.2) is 0 Å². The number of piperidine rings is 1. The van der Waals surface area contributed by atoms with Crippen LogP contribution in [0.1, 0.15) is 37.0 Å². The van der Waals surface area contributed by atoms with Crippen LogP contribution >= 0.6 is 0 Å². The second-order valence-corrected chi connectivity index (χ2v) is 5.94. The van der Waals surface area contributed by atoms with Crippen molar-refractivity contribution in [2.45, 2.75) is 32.7 Å². The Morgan fingerprint density at radius 3 is 2.67 bits per heavy atom. The van der Waals surface area contributed by atoms with Gasteiger partial charge in [-0.1, -0.05) is 18.2 Å². The topological polar surface area (TPSA) is 75.7 Å². The van der Waals surface area contributed by atoms with E-state index in [4.69, 9.17) is 4.74 Å². The highest BCUT2D eigenvalue weighted by molar-refractivity contribution is 5.97. The zero-order valence-corrected chi connectivity index (χ0v) is 14.2. The molecule has 0 aromatic heterocycles. The van der Waals surface area contributed by atoms with Gasteiger partial charge in [-0.3, -0.25) is 14.4 Å². The molecule has 0 bridgehead atoms. The molecule has 6 nitrogen and oxygen atoms in total. The molecule has 0 spiro atoms. The van der Waals surface area contributed by atoms with Gasteiger partial charge in [-0.15, -0.1) is 0 Å². The maximum Gasteiger partial charge on any atom is 0.310 e. The minimum Gasteiger partial charge on any atom is -0.466 e. The number of likely N-dealkylation sites (tertiary alicyclic amines) is 1. The number of nitrogens with one attached hydrogen (secondary N) is 1. The van der Waals surface area contributed by atoms with E-state index in [2.05, 4.69) is 5.32 Å². The fraction of sp³-hybridized carbons (Fsp3) is 0.500. The third-order valence-corrected chi connectivity index (χ3v) is 4.11. The van der Waals surface area contributed by atoms with Crippen LogP contribution in [0.4, 0.5) is 0 Å². The van der Waals surface area contributed by atoms with Crippen molar-refractivity contribution in [1.82, 2.24) is 10.2 Å². The lowest BCUT2D eigenvalue weighted by Crippen LogP contribution is -2.51. The van der Waals surface area contributed by atoms with Gasteiger partial charge in [0, 0.05) is 18.7 Å². The summed E-state index contributed by atoms with van der Waals surface area (Å²) in [6.07, 6.45) is 1.49. The number of hydrogen-bond acceptors (Lipinski definition) is 4. The number of hydrogen-bond donors (Lipinski definition) is 1. The third-order valence-electron chi connectivity index (χ3n) is 4.11. The number of ether oxygens (including phenoxy) is 1. The first kappa shape index (κ1) is 18.0. The Balaban J connectivity index is 1.92. The zero-order valence-electron chi connectivity index (χ0n) is 14.2. The summed E-state index contributed by atoms with van der Waals surface area (Å²) in [6.45, 7) is 4.72.